The molecule has 2 heterocycles. The highest BCUT2D eigenvalue weighted by Gasteiger charge is 2.21. The number of hydrogen-bond acceptors (Lipinski definition) is 4. The van der Waals surface area contributed by atoms with Crippen LogP contribution >= 0.6 is 11.3 Å². The average molecular weight is 226 g/mol. The summed E-state index contributed by atoms with van der Waals surface area (Å²) in [4.78, 5) is 6.83. The minimum absolute atomic E-state index is 0.281. The number of piperidine rings is 1. The maximum Gasteiger partial charge on any atom is 0.0897 e. The number of aromatic nitrogens is 1. The van der Waals surface area contributed by atoms with E-state index in [0.29, 0.717) is 6.04 Å². The van der Waals surface area contributed by atoms with E-state index in [1.54, 1.807) is 11.3 Å². The molecule has 3 nitrogen and oxygen atoms in total. The van der Waals surface area contributed by atoms with Crippen LogP contribution in [0.25, 0.3) is 0 Å². The van der Waals surface area contributed by atoms with Gasteiger partial charge in [0.15, 0.2) is 0 Å². The van der Waals surface area contributed by atoms with Crippen LogP contribution in [0.4, 0.5) is 0 Å². The van der Waals surface area contributed by atoms with E-state index in [2.05, 4.69) is 15.3 Å². The molecule has 1 unspecified atom stereocenters. The van der Waals surface area contributed by atoms with E-state index in [1.807, 2.05) is 6.92 Å². The molecule has 1 aliphatic rings. The van der Waals surface area contributed by atoms with Gasteiger partial charge in [0.05, 0.1) is 17.3 Å². The Kier molecular flexibility index (Phi) is 3.72. The van der Waals surface area contributed by atoms with Crippen LogP contribution in [0.5, 0.6) is 0 Å². The first kappa shape index (κ1) is 11.0. The van der Waals surface area contributed by atoms with Gasteiger partial charge in [0.1, 0.15) is 0 Å². The number of thiazole rings is 1. The van der Waals surface area contributed by atoms with Crippen molar-refractivity contribution in [2.24, 2.45) is 0 Å². The Balaban J connectivity index is 1.97. The summed E-state index contributed by atoms with van der Waals surface area (Å²) in [7, 11) is 0. The Labute approximate surface area is 94.8 Å². The van der Waals surface area contributed by atoms with Crippen LogP contribution in [0.3, 0.4) is 0 Å². The lowest BCUT2D eigenvalue weighted by molar-refractivity contribution is 0.0832. The van der Waals surface area contributed by atoms with E-state index >= 15 is 0 Å². The lowest BCUT2D eigenvalue weighted by Crippen LogP contribution is -2.41. The van der Waals surface area contributed by atoms with E-state index < -0.39 is 0 Å². The van der Waals surface area contributed by atoms with E-state index in [4.69, 9.17) is 0 Å². The van der Waals surface area contributed by atoms with E-state index in [-0.39, 0.29) is 6.61 Å². The van der Waals surface area contributed by atoms with E-state index in [9.17, 15) is 5.11 Å². The Morgan fingerprint density at radius 2 is 2.47 bits per heavy atom. The normalized spacial score (nSPS) is 23.2. The zero-order chi connectivity index (χ0) is 10.7. The molecule has 1 saturated heterocycles. The highest BCUT2D eigenvalue weighted by molar-refractivity contribution is 7.09. The molecule has 0 aromatic carbocycles. The van der Waals surface area contributed by atoms with Crippen LogP contribution in [0, 0.1) is 6.92 Å². The number of hydrogen-bond donors (Lipinski definition) is 1. The van der Waals surface area contributed by atoms with Crippen molar-refractivity contribution in [2.75, 3.05) is 13.2 Å². The van der Waals surface area contributed by atoms with Crippen LogP contribution in [-0.4, -0.2) is 34.2 Å². The van der Waals surface area contributed by atoms with Crippen molar-refractivity contribution in [3.63, 3.8) is 0 Å². The zero-order valence-electron chi connectivity index (χ0n) is 9.15. The maximum atomic E-state index is 9.29. The Morgan fingerprint density at radius 3 is 3.13 bits per heavy atom. The summed E-state index contributed by atoms with van der Waals surface area (Å²) in [6.07, 6.45) is 3.62. The molecular formula is C11H18N2OS. The summed E-state index contributed by atoms with van der Waals surface area (Å²) in [6, 6.07) is 0.348. The molecule has 1 atom stereocenters. The molecular weight excluding hydrogens is 208 g/mol. The minimum Gasteiger partial charge on any atom is -0.395 e. The van der Waals surface area contributed by atoms with E-state index in [1.165, 1.54) is 12.8 Å². The fraction of sp³-hybridized carbons (Fsp3) is 0.727. The predicted octanol–water partition coefficient (Wildman–Crippen LogP) is 1.80. The lowest BCUT2D eigenvalue weighted by Gasteiger charge is -2.33. The van der Waals surface area contributed by atoms with Crippen LogP contribution in [0.2, 0.25) is 0 Å². The summed E-state index contributed by atoms with van der Waals surface area (Å²) in [5.41, 5.74) is 1.15. The molecule has 0 aliphatic carbocycles. The molecule has 0 spiro atoms. The van der Waals surface area contributed by atoms with Crippen LogP contribution < -0.4 is 0 Å². The van der Waals surface area contributed by atoms with Crippen LogP contribution in [-0.2, 0) is 6.54 Å². The predicted molar refractivity (Wildman–Crippen MR) is 62.0 cm³/mol. The zero-order valence-corrected chi connectivity index (χ0v) is 9.96. The van der Waals surface area contributed by atoms with Gasteiger partial charge in [0.2, 0.25) is 0 Å². The summed E-state index contributed by atoms with van der Waals surface area (Å²) in [5, 5.41) is 12.5. The van der Waals surface area contributed by atoms with Gasteiger partial charge in [-0.2, -0.15) is 0 Å². The number of nitrogens with zero attached hydrogens (tertiary/aromatic N) is 2. The first-order valence-corrected chi connectivity index (χ1v) is 6.43. The van der Waals surface area contributed by atoms with Gasteiger partial charge in [-0.3, -0.25) is 4.90 Å². The molecule has 0 saturated carbocycles. The fourth-order valence-electron chi connectivity index (χ4n) is 2.16. The van der Waals surface area contributed by atoms with Gasteiger partial charge in [-0.05, 0) is 26.3 Å². The van der Waals surface area contributed by atoms with Gasteiger partial charge in [0.25, 0.3) is 0 Å². The van der Waals surface area contributed by atoms with Crippen molar-refractivity contribution in [1.82, 2.24) is 9.88 Å². The maximum absolute atomic E-state index is 9.29. The largest absolute Gasteiger partial charge is 0.395 e. The summed E-state index contributed by atoms with van der Waals surface area (Å²) < 4.78 is 0. The third-order valence-electron chi connectivity index (χ3n) is 2.99. The molecule has 4 heteroatoms. The SMILES string of the molecule is Cc1nc(CN2CCCCC2CO)cs1. The molecule has 2 rings (SSSR count). The molecule has 84 valence electrons. The minimum atomic E-state index is 0.281. The number of aliphatic hydroxyl groups excluding tert-OH is 1. The summed E-state index contributed by atoms with van der Waals surface area (Å²) in [5.74, 6) is 0. The summed E-state index contributed by atoms with van der Waals surface area (Å²) in [6.45, 7) is 4.31. The number of aliphatic hydroxyl groups is 1. The Hall–Kier alpha value is -0.450. The number of rotatable bonds is 3. The molecule has 1 aromatic rings. The molecule has 0 radical (unpaired) electrons. The standard InChI is InChI=1S/C11H18N2OS/c1-9-12-10(8-15-9)6-13-5-3-2-4-11(13)7-14/h8,11,14H,2-7H2,1H3. The third kappa shape index (κ3) is 2.77. The van der Waals surface area contributed by atoms with Crippen molar-refractivity contribution < 1.29 is 5.11 Å². The number of aryl methyl sites for hydroxylation is 1. The molecule has 0 amide bonds. The average Bonchev–Trinajstić information content (AvgIpc) is 2.65. The molecule has 1 aromatic heterocycles. The fourth-order valence-corrected chi connectivity index (χ4v) is 2.77. The second-order valence-electron chi connectivity index (χ2n) is 4.16. The highest BCUT2D eigenvalue weighted by Crippen LogP contribution is 2.19. The lowest BCUT2D eigenvalue weighted by atomic mass is 10.0. The monoisotopic (exact) mass is 226 g/mol. The van der Waals surface area contributed by atoms with Crippen molar-refractivity contribution in [1.29, 1.82) is 0 Å². The molecule has 1 N–H and O–H groups in total. The first-order valence-electron chi connectivity index (χ1n) is 5.55. The van der Waals surface area contributed by atoms with Gasteiger partial charge in [0, 0.05) is 18.0 Å². The molecule has 1 fully saturated rings. The quantitative estimate of drug-likeness (QED) is 0.854. The number of likely N-dealkylation sites (tertiary alicyclic amines) is 1. The van der Waals surface area contributed by atoms with Crippen molar-refractivity contribution in [3.8, 4) is 0 Å². The van der Waals surface area contributed by atoms with Gasteiger partial charge in [-0.25, -0.2) is 4.98 Å². The van der Waals surface area contributed by atoms with Gasteiger partial charge >= 0.3 is 0 Å². The smallest absolute Gasteiger partial charge is 0.0897 e. The van der Waals surface area contributed by atoms with Crippen molar-refractivity contribution in [2.45, 2.75) is 38.8 Å². The van der Waals surface area contributed by atoms with Gasteiger partial charge < -0.3 is 5.11 Å². The molecule has 0 bridgehead atoms. The third-order valence-corrected chi connectivity index (χ3v) is 3.81. The Morgan fingerprint density at radius 1 is 1.60 bits per heavy atom. The second kappa shape index (κ2) is 5.05. The topological polar surface area (TPSA) is 36.4 Å². The summed E-state index contributed by atoms with van der Waals surface area (Å²) >= 11 is 1.70. The van der Waals surface area contributed by atoms with Crippen LogP contribution in [0.1, 0.15) is 30.0 Å². The van der Waals surface area contributed by atoms with E-state index in [0.717, 1.165) is 30.2 Å². The van der Waals surface area contributed by atoms with Crippen LogP contribution in [0.15, 0.2) is 5.38 Å². The van der Waals surface area contributed by atoms with Gasteiger partial charge in [-0.1, -0.05) is 6.42 Å². The molecule has 15 heavy (non-hydrogen) atoms. The van der Waals surface area contributed by atoms with Gasteiger partial charge in [-0.15, -0.1) is 11.3 Å². The molecule has 1 aliphatic heterocycles. The van der Waals surface area contributed by atoms with Crippen molar-refractivity contribution >= 4 is 11.3 Å². The first-order chi connectivity index (χ1) is 7.29. The highest BCUT2D eigenvalue weighted by atomic mass is 32.1. The van der Waals surface area contributed by atoms with Crippen molar-refractivity contribution in [3.05, 3.63) is 16.1 Å². The second-order valence-corrected chi connectivity index (χ2v) is 5.22. The Bertz CT molecular complexity index is 313.